The summed E-state index contributed by atoms with van der Waals surface area (Å²) in [5.74, 6) is 1.08. The quantitative estimate of drug-likeness (QED) is 0.532. The Kier molecular flexibility index (Phi) is 2.79. The van der Waals surface area contributed by atoms with Crippen LogP contribution in [0.4, 0.5) is 0 Å². The number of allylic oxidation sites excluding steroid dienone is 2. The molecule has 72 valence electrons. The van der Waals surface area contributed by atoms with Crippen molar-refractivity contribution in [1.82, 2.24) is 0 Å². The van der Waals surface area contributed by atoms with E-state index in [0.29, 0.717) is 18.3 Å². The molecule has 0 aromatic carbocycles. The molecule has 0 aromatic rings. The van der Waals surface area contributed by atoms with E-state index < -0.39 is 0 Å². The molecule has 0 amide bonds. The Morgan fingerprint density at radius 3 is 3.15 bits per heavy atom. The fourth-order valence-electron chi connectivity index (χ4n) is 2.16. The zero-order valence-corrected chi connectivity index (χ0v) is 7.87. The molecule has 1 saturated heterocycles. The van der Waals surface area contributed by atoms with Crippen LogP contribution in [0.5, 0.6) is 0 Å². The second-order valence-electron chi connectivity index (χ2n) is 3.97. The monoisotopic (exact) mass is 180 g/mol. The number of carbonyl (C=O) groups is 1. The molecule has 0 aromatic heterocycles. The Morgan fingerprint density at radius 1 is 1.31 bits per heavy atom. The second-order valence-corrected chi connectivity index (χ2v) is 3.97. The minimum atomic E-state index is 0.197. The van der Waals surface area contributed by atoms with Crippen molar-refractivity contribution in [3.8, 4) is 0 Å². The highest BCUT2D eigenvalue weighted by molar-refractivity contribution is 5.81. The summed E-state index contributed by atoms with van der Waals surface area (Å²) in [7, 11) is 0. The van der Waals surface area contributed by atoms with Crippen LogP contribution in [0.2, 0.25) is 0 Å². The van der Waals surface area contributed by atoms with Crippen LogP contribution in [-0.4, -0.2) is 19.0 Å². The van der Waals surface area contributed by atoms with Crippen molar-refractivity contribution in [3.63, 3.8) is 0 Å². The maximum Gasteiger partial charge on any atom is 0.138 e. The molecule has 2 heteroatoms. The largest absolute Gasteiger partial charge is 0.380 e. The van der Waals surface area contributed by atoms with Gasteiger partial charge in [0.2, 0.25) is 0 Å². The number of rotatable bonds is 0. The lowest BCUT2D eigenvalue weighted by Gasteiger charge is -2.13. The van der Waals surface area contributed by atoms with Crippen molar-refractivity contribution in [2.45, 2.75) is 25.7 Å². The molecular weight excluding hydrogens is 164 g/mol. The van der Waals surface area contributed by atoms with E-state index in [4.69, 9.17) is 4.74 Å². The van der Waals surface area contributed by atoms with E-state index in [-0.39, 0.29) is 5.92 Å². The van der Waals surface area contributed by atoms with Crippen molar-refractivity contribution in [1.29, 1.82) is 0 Å². The van der Waals surface area contributed by atoms with E-state index in [2.05, 4.69) is 12.2 Å². The normalized spacial score (nSPS) is 37.4. The first kappa shape index (κ1) is 8.95. The highest BCUT2D eigenvalue weighted by Gasteiger charge is 2.32. The highest BCUT2D eigenvalue weighted by atomic mass is 16.5. The molecule has 2 atom stereocenters. The number of ketones is 1. The molecule has 1 fully saturated rings. The van der Waals surface area contributed by atoms with Gasteiger partial charge in [0.1, 0.15) is 5.78 Å². The van der Waals surface area contributed by atoms with Crippen molar-refractivity contribution in [2.75, 3.05) is 13.2 Å². The minimum Gasteiger partial charge on any atom is -0.380 e. The van der Waals surface area contributed by atoms with E-state index in [0.717, 1.165) is 32.3 Å². The average Bonchev–Trinajstić information content (AvgIpc) is 2.58. The standard InChI is InChI=1S/C11H16O2/c12-11-6-4-2-1-3-5-9-7-13-8-10(9)11/h1,3,9-10H,2,4-8H2/b3-1-/t9-,10+/m0/s1. The van der Waals surface area contributed by atoms with Crippen molar-refractivity contribution in [3.05, 3.63) is 12.2 Å². The van der Waals surface area contributed by atoms with Gasteiger partial charge in [-0.2, -0.15) is 0 Å². The fourth-order valence-corrected chi connectivity index (χ4v) is 2.16. The lowest BCUT2D eigenvalue weighted by Crippen LogP contribution is -2.21. The number of fused-ring (bicyclic) bond motifs is 1. The SMILES string of the molecule is O=C1CCC/C=C\C[C@H]2COC[C@@H]12. The summed E-state index contributed by atoms with van der Waals surface area (Å²) < 4.78 is 5.36. The van der Waals surface area contributed by atoms with Crippen LogP contribution in [0.25, 0.3) is 0 Å². The Balaban J connectivity index is 2.07. The van der Waals surface area contributed by atoms with Gasteiger partial charge >= 0.3 is 0 Å². The maximum absolute atomic E-state index is 11.7. The van der Waals surface area contributed by atoms with Gasteiger partial charge in [-0.15, -0.1) is 0 Å². The Morgan fingerprint density at radius 2 is 2.23 bits per heavy atom. The molecule has 1 heterocycles. The molecule has 2 nitrogen and oxygen atoms in total. The summed E-state index contributed by atoms with van der Waals surface area (Å²) in [6.45, 7) is 1.44. The topological polar surface area (TPSA) is 26.3 Å². The van der Waals surface area contributed by atoms with Crippen molar-refractivity contribution >= 4 is 5.78 Å². The first-order chi connectivity index (χ1) is 6.38. The summed E-state index contributed by atoms with van der Waals surface area (Å²) in [5.41, 5.74) is 0. The molecule has 2 rings (SSSR count). The first-order valence-corrected chi connectivity index (χ1v) is 5.13. The van der Waals surface area contributed by atoms with Crippen molar-refractivity contribution < 1.29 is 9.53 Å². The predicted octanol–water partition coefficient (Wildman–Crippen LogP) is 1.95. The molecule has 2 aliphatic rings. The fraction of sp³-hybridized carbons (Fsp3) is 0.727. The summed E-state index contributed by atoms with van der Waals surface area (Å²) in [5, 5.41) is 0. The smallest absolute Gasteiger partial charge is 0.138 e. The third-order valence-electron chi connectivity index (χ3n) is 3.01. The number of Topliss-reactive ketones (excluding diaryl/α,β-unsaturated/α-hetero) is 1. The van der Waals surface area contributed by atoms with E-state index in [1.807, 2.05) is 0 Å². The molecule has 0 unspecified atom stereocenters. The van der Waals surface area contributed by atoms with E-state index in [1.165, 1.54) is 0 Å². The van der Waals surface area contributed by atoms with Gasteiger partial charge in [-0.1, -0.05) is 12.2 Å². The molecule has 1 aliphatic heterocycles. The van der Waals surface area contributed by atoms with Crippen LogP contribution in [0.1, 0.15) is 25.7 Å². The molecule has 0 spiro atoms. The molecule has 0 N–H and O–H groups in total. The average molecular weight is 180 g/mol. The third kappa shape index (κ3) is 1.99. The third-order valence-corrected chi connectivity index (χ3v) is 3.01. The van der Waals surface area contributed by atoms with Crippen LogP contribution < -0.4 is 0 Å². The van der Waals surface area contributed by atoms with Gasteiger partial charge in [0.15, 0.2) is 0 Å². The number of hydrogen-bond donors (Lipinski definition) is 0. The number of ether oxygens (including phenoxy) is 1. The summed E-state index contributed by atoms with van der Waals surface area (Å²) in [4.78, 5) is 11.7. The Labute approximate surface area is 79.0 Å². The van der Waals surface area contributed by atoms with Gasteiger partial charge in [0.25, 0.3) is 0 Å². The van der Waals surface area contributed by atoms with Gasteiger partial charge < -0.3 is 4.74 Å². The van der Waals surface area contributed by atoms with Crippen LogP contribution >= 0.6 is 0 Å². The van der Waals surface area contributed by atoms with Gasteiger partial charge in [-0.25, -0.2) is 0 Å². The molecular formula is C11H16O2. The van der Waals surface area contributed by atoms with E-state index in [1.54, 1.807) is 0 Å². The van der Waals surface area contributed by atoms with E-state index >= 15 is 0 Å². The molecule has 1 aliphatic carbocycles. The molecule has 13 heavy (non-hydrogen) atoms. The Hall–Kier alpha value is -0.630. The Bertz CT molecular complexity index is 220. The van der Waals surface area contributed by atoms with E-state index in [9.17, 15) is 4.79 Å². The zero-order valence-electron chi connectivity index (χ0n) is 7.87. The second kappa shape index (κ2) is 4.05. The van der Waals surface area contributed by atoms with Gasteiger partial charge in [0, 0.05) is 12.3 Å². The van der Waals surface area contributed by atoms with Crippen molar-refractivity contribution in [2.24, 2.45) is 11.8 Å². The molecule has 0 bridgehead atoms. The van der Waals surface area contributed by atoms with Crippen LogP contribution in [0.3, 0.4) is 0 Å². The lowest BCUT2D eigenvalue weighted by molar-refractivity contribution is -0.123. The lowest BCUT2D eigenvalue weighted by atomic mass is 9.88. The number of hydrogen-bond acceptors (Lipinski definition) is 2. The number of carbonyl (C=O) groups excluding carboxylic acids is 1. The highest BCUT2D eigenvalue weighted by Crippen LogP contribution is 2.27. The molecule has 0 radical (unpaired) electrons. The summed E-state index contributed by atoms with van der Waals surface area (Å²) >= 11 is 0. The maximum atomic E-state index is 11.7. The zero-order chi connectivity index (χ0) is 9.10. The summed E-state index contributed by atoms with van der Waals surface area (Å²) in [6.07, 6.45) is 8.26. The van der Waals surface area contributed by atoms with Crippen LogP contribution in [0, 0.1) is 11.8 Å². The van der Waals surface area contributed by atoms with Crippen LogP contribution in [0.15, 0.2) is 12.2 Å². The predicted molar refractivity (Wildman–Crippen MR) is 50.4 cm³/mol. The summed E-state index contributed by atoms with van der Waals surface area (Å²) in [6, 6.07) is 0. The van der Waals surface area contributed by atoms with Gasteiger partial charge in [-0.3, -0.25) is 4.79 Å². The first-order valence-electron chi connectivity index (χ1n) is 5.13. The van der Waals surface area contributed by atoms with Crippen LogP contribution in [-0.2, 0) is 9.53 Å². The van der Waals surface area contributed by atoms with Gasteiger partial charge in [-0.05, 0) is 25.2 Å². The molecule has 0 saturated carbocycles. The van der Waals surface area contributed by atoms with Gasteiger partial charge in [0.05, 0.1) is 13.2 Å². The minimum absolute atomic E-state index is 0.197.